The van der Waals surface area contributed by atoms with E-state index >= 15 is 0 Å². The first-order valence-electron chi connectivity index (χ1n) is 7.60. The zero-order chi connectivity index (χ0) is 18.2. The van der Waals surface area contributed by atoms with E-state index in [0.717, 1.165) is 5.56 Å². The van der Waals surface area contributed by atoms with Crippen molar-refractivity contribution in [3.63, 3.8) is 0 Å². The molecule has 0 aliphatic heterocycles. The molecule has 130 valence electrons. The highest BCUT2D eigenvalue weighted by Gasteiger charge is 2.07. The third-order valence-corrected chi connectivity index (χ3v) is 3.49. The molecule has 2 rings (SSSR count). The molecule has 2 N–H and O–H groups in total. The summed E-state index contributed by atoms with van der Waals surface area (Å²) in [5.74, 6) is 0.705. The van der Waals surface area contributed by atoms with Gasteiger partial charge in [0.1, 0.15) is 11.5 Å². The van der Waals surface area contributed by atoms with Gasteiger partial charge in [-0.1, -0.05) is 12.1 Å². The van der Waals surface area contributed by atoms with Gasteiger partial charge in [0.25, 0.3) is 5.91 Å². The van der Waals surface area contributed by atoms with E-state index in [1.54, 1.807) is 62.7 Å². The van der Waals surface area contributed by atoms with Crippen LogP contribution in [0.25, 0.3) is 6.08 Å². The topological polar surface area (TPSA) is 76.7 Å². The predicted octanol–water partition coefficient (Wildman–Crippen LogP) is 2.72. The molecule has 6 heteroatoms. The molecule has 0 aliphatic carbocycles. The Balaban J connectivity index is 2.04. The third-order valence-electron chi connectivity index (χ3n) is 3.49. The minimum Gasteiger partial charge on any atom is -0.497 e. The van der Waals surface area contributed by atoms with Crippen molar-refractivity contribution in [1.29, 1.82) is 0 Å². The van der Waals surface area contributed by atoms with Crippen LogP contribution >= 0.6 is 0 Å². The van der Waals surface area contributed by atoms with Crippen LogP contribution < -0.4 is 20.1 Å². The number of carbonyl (C=O) groups excluding carboxylic acids is 2. The highest BCUT2D eigenvalue weighted by molar-refractivity contribution is 6.03. The molecule has 0 aliphatic rings. The van der Waals surface area contributed by atoms with Crippen molar-refractivity contribution in [3.8, 4) is 11.5 Å². The highest BCUT2D eigenvalue weighted by atomic mass is 16.5. The van der Waals surface area contributed by atoms with Gasteiger partial charge in [-0.2, -0.15) is 0 Å². The maximum atomic E-state index is 12.1. The molecule has 0 atom stereocenters. The summed E-state index contributed by atoms with van der Waals surface area (Å²) in [6, 6.07) is 12.1. The number of methoxy groups -OCH3 is 2. The van der Waals surface area contributed by atoms with E-state index in [2.05, 4.69) is 10.6 Å². The Bertz CT molecular complexity index is 783. The Hall–Kier alpha value is -3.28. The van der Waals surface area contributed by atoms with E-state index in [1.165, 1.54) is 13.2 Å². The molecule has 0 spiro atoms. The molecule has 2 amide bonds. The van der Waals surface area contributed by atoms with Crippen LogP contribution in [0.15, 0.2) is 48.5 Å². The largest absolute Gasteiger partial charge is 0.497 e. The summed E-state index contributed by atoms with van der Waals surface area (Å²) in [7, 11) is 4.66. The van der Waals surface area contributed by atoms with Crippen molar-refractivity contribution in [2.75, 3.05) is 26.6 Å². The van der Waals surface area contributed by atoms with Gasteiger partial charge in [0.15, 0.2) is 0 Å². The van der Waals surface area contributed by atoms with Gasteiger partial charge < -0.3 is 20.1 Å². The van der Waals surface area contributed by atoms with Gasteiger partial charge in [-0.25, -0.2) is 0 Å². The molecule has 0 saturated carbocycles. The van der Waals surface area contributed by atoms with Gasteiger partial charge in [-0.05, 0) is 35.9 Å². The standard InChI is InChI=1S/C19H20N2O4/c1-20-19(23)14-7-4-13(5-8-14)6-11-18(22)21-16-10-9-15(24-2)12-17(16)25-3/h4-12H,1-3H3,(H,20,23)(H,21,22)/b11-6+. The monoisotopic (exact) mass is 340 g/mol. The second-order valence-electron chi connectivity index (χ2n) is 5.09. The smallest absolute Gasteiger partial charge is 0.251 e. The maximum absolute atomic E-state index is 12.1. The van der Waals surface area contributed by atoms with Gasteiger partial charge in [-0.15, -0.1) is 0 Å². The van der Waals surface area contributed by atoms with Crippen molar-refractivity contribution in [1.82, 2.24) is 5.32 Å². The van der Waals surface area contributed by atoms with Gasteiger partial charge in [0, 0.05) is 24.8 Å². The molecule has 0 heterocycles. The third kappa shape index (κ3) is 4.84. The van der Waals surface area contributed by atoms with E-state index in [9.17, 15) is 9.59 Å². The Morgan fingerprint density at radius 1 is 1.00 bits per heavy atom. The van der Waals surface area contributed by atoms with Crippen LogP contribution in [0.1, 0.15) is 15.9 Å². The molecule has 0 radical (unpaired) electrons. The van der Waals surface area contributed by atoms with E-state index < -0.39 is 0 Å². The lowest BCUT2D eigenvalue weighted by Crippen LogP contribution is -2.17. The minimum absolute atomic E-state index is 0.153. The van der Waals surface area contributed by atoms with Crippen LogP contribution in [0.3, 0.4) is 0 Å². The lowest BCUT2D eigenvalue weighted by Gasteiger charge is -2.10. The molecule has 2 aromatic carbocycles. The van der Waals surface area contributed by atoms with Gasteiger partial charge >= 0.3 is 0 Å². The Kier molecular flexibility index (Phi) is 6.17. The Morgan fingerprint density at radius 2 is 1.72 bits per heavy atom. The van der Waals surface area contributed by atoms with Crippen LogP contribution in [0.4, 0.5) is 5.69 Å². The van der Waals surface area contributed by atoms with Crippen LogP contribution in [0.2, 0.25) is 0 Å². The summed E-state index contributed by atoms with van der Waals surface area (Å²) in [5, 5.41) is 5.31. The number of ether oxygens (including phenoxy) is 2. The number of benzene rings is 2. The van der Waals surface area contributed by atoms with E-state index in [4.69, 9.17) is 9.47 Å². The number of carbonyl (C=O) groups is 2. The second-order valence-corrected chi connectivity index (χ2v) is 5.09. The van der Waals surface area contributed by atoms with Crippen molar-refractivity contribution >= 4 is 23.6 Å². The maximum Gasteiger partial charge on any atom is 0.251 e. The SMILES string of the molecule is CNC(=O)c1ccc(/C=C/C(=O)Nc2ccc(OC)cc2OC)cc1. The summed E-state index contributed by atoms with van der Waals surface area (Å²) in [6.45, 7) is 0. The number of anilines is 1. The van der Waals surface area contributed by atoms with Gasteiger partial charge in [-0.3, -0.25) is 9.59 Å². The van der Waals surface area contributed by atoms with Crippen LogP contribution in [-0.4, -0.2) is 33.1 Å². The van der Waals surface area contributed by atoms with Crippen LogP contribution in [-0.2, 0) is 4.79 Å². The molecular weight excluding hydrogens is 320 g/mol. The Morgan fingerprint density at radius 3 is 2.32 bits per heavy atom. The first kappa shape index (κ1) is 18.1. The zero-order valence-electron chi connectivity index (χ0n) is 14.3. The molecule has 0 fully saturated rings. The van der Waals surface area contributed by atoms with Crippen LogP contribution in [0.5, 0.6) is 11.5 Å². The fourth-order valence-corrected chi connectivity index (χ4v) is 2.14. The molecule has 0 bridgehead atoms. The fraction of sp³-hybridized carbons (Fsp3) is 0.158. The quantitative estimate of drug-likeness (QED) is 0.793. The molecular formula is C19H20N2O4. The molecule has 0 unspecified atom stereocenters. The normalized spacial score (nSPS) is 10.4. The fourth-order valence-electron chi connectivity index (χ4n) is 2.14. The summed E-state index contributed by atoms with van der Waals surface area (Å²) >= 11 is 0. The number of rotatable bonds is 6. The first-order chi connectivity index (χ1) is 12.1. The highest BCUT2D eigenvalue weighted by Crippen LogP contribution is 2.28. The summed E-state index contributed by atoms with van der Waals surface area (Å²) in [6.07, 6.45) is 3.08. The van der Waals surface area contributed by atoms with Gasteiger partial charge in [0.2, 0.25) is 5.91 Å². The average Bonchev–Trinajstić information content (AvgIpc) is 2.66. The van der Waals surface area contributed by atoms with E-state index in [1.807, 2.05) is 0 Å². The molecule has 25 heavy (non-hydrogen) atoms. The predicted molar refractivity (Wildman–Crippen MR) is 97.0 cm³/mol. The molecule has 2 aromatic rings. The second kappa shape index (κ2) is 8.54. The van der Waals surface area contributed by atoms with E-state index in [0.29, 0.717) is 22.7 Å². The number of amides is 2. The molecule has 0 aromatic heterocycles. The molecule has 0 saturated heterocycles. The number of hydrogen-bond acceptors (Lipinski definition) is 4. The van der Waals surface area contributed by atoms with Crippen LogP contribution in [0, 0.1) is 0 Å². The van der Waals surface area contributed by atoms with Crippen molar-refractivity contribution in [2.45, 2.75) is 0 Å². The lowest BCUT2D eigenvalue weighted by molar-refractivity contribution is -0.111. The lowest BCUT2D eigenvalue weighted by atomic mass is 10.1. The average molecular weight is 340 g/mol. The summed E-state index contributed by atoms with van der Waals surface area (Å²) < 4.78 is 10.4. The van der Waals surface area contributed by atoms with E-state index in [-0.39, 0.29) is 11.8 Å². The van der Waals surface area contributed by atoms with Crippen molar-refractivity contribution in [3.05, 3.63) is 59.7 Å². The first-order valence-corrected chi connectivity index (χ1v) is 7.60. The summed E-state index contributed by atoms with van der Waals surface area (Å²) in [4.78, 5) is 23.6. The van der Waals surface area contributed by atoms with Gasteiger partial charge in [0.05, 0.1) is 19.9 Å². The zero-order valence-corrected chi connectivity index (χ0v) is 14.3. The Labute approximate surface area is 146 Å². The number of nitrogens with one attached hydrogen (secondary N) is 2. The minimum atomic E-state index is -0.293. The number of hydrogen-bond donors (Lipinski definition) is 2. The molecule has 6 nitrogen and oxygen atoms in total. The summed E-state index contributed by atoms with van der Waals surface area (Å²) in [5.41, 5.74) is 1.92. The van der Waals surface area contributed by atoms with Crippen molar-refractivity contribution < 1.29 is 19.1 Å². The van der Waals surface area contributed by atoms with Crippen molar-refractivity contribution in [2.24, 2.45) is 0 Å².